The molecule has 1 heterocycles. The van der Waals surface area contributed by atoms with E-state index < -0.39 is 0 Å². The monoisotopic (exact) mass is 257 g/mol. The maximum atomic E-state index is 5.48. The van der Waals surface area contributed by atoms with Crippen molar-refractivity contribution in [2.45, 2.75) is 20.4 Å². The first-order chi connectivity index (χ1) is 9.11. The maximum Gasteiger partial charge on any atom is 0.227 e. The molecule has 5 nitrogen and oxygen atoms in total. The number of anilines is 2. The van der Waals surface area contributed by atoms with Gasteiger partial charge in [-0.15, -0.1) is 0 Å². The molecule has 1 aromatic carbocycles. The van der Waals surface area contributed by atoms with Gasteiger partial charge in [-0.1, -0.05) is 30.3 Å². The summed E-state index contributed by atoms with van der Waals surface area (Å²) in [6.45, 7) is 4.66. The predicted octanol–water partition coefficient (Wildman–Crippen LogP) is 2.02. The van der Waals surface area contributed by atoms with Crippen molar-refractivity contribution in [3.05, 3.63) is 47.2 Å². The van der Waals surface area contributed by atoms with Crippen molar-refractivity contribution in [3.8, 4) is 0 Å². The molecule has 0 saturated carbocycles. The molecule has 2 aromatic rings. The van der Waals surface area contributed by atoms with Gasteiger partial charge < -0.3 is 10.3 Å². The van der Waals surface area contributed by atoms with Crippen LogP contribution in [-0.2, 0) is 6.54 Å². The van der Waals surface area contributed by atoms with Gasteiger partial charge in [-0.05, 0) is 19.4 Å². The molecule has 2 rings (SSSR count). The summed E-state index contributed by atoms with van der Waals surface area (Å²) in [5.41, 5.74) is 5.73. The zero-order valence-corrected chi connectivity index (χ0v) is 11.5. The van der Waals surface area contributed by atoms with E-state index in [1.54, 1.807) is 0 Å². The Kier molecular flexibility index (Phi) is 3.97. The molecule has 0 fully saturated rings. The molecule has 0 radical (unpaired) electrons. The third-order valence-corrected chi connectivity index (χ3v) is 3.12. The summed E-state index contributed by atoms with van der Waals surface area (Å²) in [4.78, 5) is 10.9. The van der Waals surface area contributed by atoms with E-state index in [1.165, 1.54) is 5.56 Å². The first kappa shape index (κ1) is 13.3. The molecule has 0 saturated heterocycles. The van der Waals surface area contributed by atoms with Crippen LogP contribution in [0.1, 0.15) is 16.8 Å². The minimum Gasteiger partial charge on any atom is -0.339 e. The van der Waals surface area contributed by atoms with Crippen LogP contribution in [0, 0.1) is 13.8 Å². The topological polar surface area (TPSA) is 67.1 Å². The number of nitrogens with zero attached hydrogens (tertiary/aromatic N) is 3. The van der Waals surface area contributed by atoms with Crippen molar-refractivity contribution in [3.63, 3.8) is 0 Å². The Morgan fingerprint density at radius 3 is 2.47 bits per heavy atom. The van der Waals surface area contributed by atoms with Crippen LogP contribution in [0.2, 0.25) is 0 Å². The number of hydrogen-bond donors (Lipinski definition) is 2. The second-order valence-electron chi connectivity index (χ2n) is 4.57. The van der Waals surface area contributed by atoms with Crippen molar-refractivity contribution in [2.75, 3.05) is 17.4 Å². The van der Waals surface area contributed by atoms with Crippen molar-refractivity contribution in [1.29, 1.82) is 0 Å². The molecule has 0 spiro atoms. The van der Waals surface area contributed by atoms with Gasteiger partial charge in [-0.2, -0.15) is 4.98 Å². The molecule has 0 aliphatic rings. The molecule has 0 bridgehead atoms. The largest absolute Gasteiger partial charge is 0.339 e. The van der Waals surface area contributed by atoms with Crippen molar-refractivity contribution in [2.24, 2.45) is 5.84 Å². The van der Waals surface area contributed by atoms with E-state index in [-0.39, 0.29) is 0 Å². The average Bonchev–Trinajstić information content (AvgIpc) is 2.42. The van der Waals surface area contributed by atoms with E-state index in [1.807, 2.05) is 44.0 Å². The van der Waals surface area contributed by atoms with Crippen molar-refractivity contribution < 1.29 is 0 Å². The van der Waals surface area contributed by atoms with E-state index in [9.17, 15) is 0 Å². The van der Waals surface area contributed by atoms with Crippen LogP contribution in [0.15, 0.2) is 30.3 Å². The average molecular weight is 257 g/mol. The molecule has 0 atom stereocenters. The first-order valence-corrected chi connectivity index (χ1v) is 6.18. The standard InChI is InChI=1S/C14H19N5/c1-10-11(2)16-14(17-13(10)18-15)19(3)9-12-7-5-4-6-8-12/h4-8H,9,15H2,1-3H3,(H,16,17,18). The molecule has 0 amide bonds. The van der Waals surface area contributed by atoms with Crippen molar-refractivity contribution >= 4 is 11.8 Å². The van der Waals surface area contributed by atoms with Crippen LogP contribution < -0.4 is 16.2 Å². The Morgan fingerprint density at radius 2 is 1.84 bits per heavy atom. The molecule has 0 aliphatic carbocycles. The van der Waals surface area contributed by atoms with Gasteiger partial charge in [0.15, 0.2) is 0 Å². The summed E-state index contributed by atoms with van der Waals surface area (Å²) in [7, 11) is 1.97. The van der Waals surface area contributed by atoms with Crippen molar-refractivity contribution in [1.82, 2.24) is 9.97 Å². The van der Waals surface area contributed by atoms with Gasteiger partial charge >= 0.3 is 0 Å². The normalized spacial score (nSPS) is 10.3. The highest BCUT2D eigenvalue weighted by molar-refractivity contribution is 5.49. The lowest BCUT2D eigenvalue weighted by molar-refractivity contribution is 0.855. The van der Waals surface area contributed by atoms with E-state index in [2.05, 4.69) is 27.5 Å². The van der Waals surface area contributed by atoms with Crippen LogP contribution >= 0.6 is 0 Å². The Bertz CT molecular complexity index is 553. The lowest BCUT2D eigenvalue weighted by atomic mass is 10.2. The minimum absolute atomic E-state index is 0.667. The van der Waals surface area contributed by atoms with Crippen LogP contribution in [0.4, 0.5) is 11.8 Å². The number of benzene rings is 1. The highest BCUT2D eigenvalue weighted by Gasteiger charge is 2.10. The van der Waals surface area contributed by atoms with E-state index in [0.717, 1.165) is 17.8 Å². The summed E-state index contributed by atoms with van der Waals surface area (Å²) in [6.07, 6.45) is 0. The lowest BCUT2D eigenvalue weighted by Gasteiger charge is -2.19. The quantitative estimate of drug-likeness (QED) is 0.648. The van der Waals surface area contributed by atoms with Gasteiger partial charge in [0.2, 0.25) is 5.95 Å². The highest BCUT2D eigenvalue weighted by Crippen LogP contribution is 2.18. The summed E-state index contributed by atoms with van der Waals surface area (Å²) in [5.74, 6) is 6.82. The van der Waals surface area contributed by atoms with Gasteiger partial charge in [0.1, 0.15) is 5.82 Å². The predicted molar refractivity (Wildman–Crippen MR) is 77.9 cm³/mol. The SMILES string of the molecule is Cc1nc(N(C)Cc2ccccc2)nc(NN)c1C. The second-order valence-corrected chi connectivity index (χ2v) is 4.57. The van der Waals surface area contributed by atoms with Crippen LogP contribution in [0.5, 0.6) is 0 Å². The van der Waals surface area contributed by atoms with E-state index >= 15 is 0 Å². The fourth-order valence-corrected chi connectivity index (χ4v) is 1.85. The molecule has 5 heteroatoms. The van der Waals surface area contributed by atoms with E-state index in [4.69, 9.17) is 5.84 Å². The summed E-state index contributed by atoms with van der Waals surface area (Å²) in [5, 5.41) is 0. The molecule has 100 valence electrons. The Morgan fingerprint density at radius 1 is 1.16 bits per heavy atom. The maximum absolute atomic E-state index is 5.48. The molecular formula is C14H19N5. The molecule has 0 unspecified atom stereocenters. The van der Waals surface area contributed by atoms with Crippen LogP contribution in [0.3, 0.4) is 0 Å². The zero-order valence-electron chi connectivity index (χ0n) is 11.5. The number of aromatic nitrogens is 2. The third-order valence-electron chi connectivity index (χ3n) is 3.12. The van der Waals surface area contributed by atoms with Crippen LogP contribution in [-0.4, -0.2) is 17.0 Å². The van der Waals surface area contributed by atoms with Gasteiger partial charge in [-0.3, -0.25) is 0 Å². The molecule has 19 heavy (non-hydrogen) atoms. The van der Waals surface area contributed by atoms with E-state index in [0.29, 0.717) is 11.8 Å². The number of hydrazine groups is 1. The van der Waals surface area contributed by atoms with Gasteiger partial charge in [-0.25, -0.2) is 10.8 Å². The first-order valence-electron chi connectivity index (χ1n) is 6.18. The Labute approximate surface area is 113 Å². The Balaban J connectivity index is 2.24. The van der Waals surface area contributed by atoms with Crippen LogP contribution in [0.25, 0.3) is 0 Å². The number of rotatable bonds is 4. The second kappa shape index (κ2) is 5.67. The molecule has 1 aromatic heterocycles. The highest BCUT2D eigenvalue weighted by atomic mass is 15.3. The Hall–Kier alpha value is -2.14. The summed E-state index contributed by atoms with van der Waals surface area (Å²) >= 11 is 0. The molecule has 0 aliphatic heterocycles. The number of aryl methyl sites for hydroxylation is 1. The fraction of sp³-hybridized carbons (Fsp3) is 0.286. The molecule has 3 N–H and O–H groups in total. The zero-order chi connectivity index (χ0) is 13.8. The third kappa shape index (κ3) is 3.00. The van der Waals surface area contributed by atoms with Gasteiger partial charge in [0.05, 0.1) is 0 Å². The number of nitrogens with one attached hydrogen (secondary N) is 1. The number of hydrogen-bond acceptors (Lipinski definition) is 5. The van der Waals surface area contributed by atoms with Gasteiger partial charge in [0.25, 0.3) is 0 Å². The molecular weight excluding hydrogens is 238 g/mol. The summed E-state index contributed by atoms with van der Waals surface area (Å²) in [6, 6.07) is 10.2. The lowest BCUT2D eigenvalue weighted by Crippen LogP contribution is -2.21. The van der Waals surface area contributed by atoms with Gasteiger partial charge in [0, 0.05) is 24.8 Å². The summed E-state index contributed by atoms with van der Waals surface area (Å²) < 4.78 is 0. The minimum atomic E-state index is 0.667. The number of nitrogen functional groups attached to an aromatic ring is 1. The smallest absolute Gasteiger partial charge is 0.227 e. The fourth-order valence-electron chi connectivity index (χ4n) is 1.85. The number of nitrogens with two attached hydrogens (primary N) is 1.